The molecule has 78 valence electrons. The second-order valence-corrected chi connectivity index (χ2v) is 2.87. The van der Waals surface area contributed by atoms with E-state index < -0.39 is 11.9 Å². The number of carbonyl (C=O) groups is 2. The van der Waals surface area contributed by atoms with Gasteiger partial charge in [0.05, 0.1) is 5.57 Å². The van der Waals surface area contributed by atoms with Crippen LogP contribution in [0.25, 0.3) is 5.57 Å². The monoisotopic (exact) mass is 206 g/mol. The van der Waals surface area contributed by atoms with E-state index in [9.17, 15) is 9.59 Å². The van der Waals surface area contributed by atoms with Crippen LogP contribution < -0.4 is 4.74 Å². The van der Waals surface area contributed by atoms with Crippen LogP contribution in [-0.2, 0) is 9.59 Å². The van der Waals surface area contributed by atoms with Crippen molar-refractivity contribution in [3.63, 3.8) is 0 Å². The molecule has 1 N–H and O–H groups in total. The Morgan fingerprint density at radius 2 is 1.93 bits per heavy atom. The summed E-state index contributed by atoms with van der Waals surface area (Å²) >= 11 is 0. The number of carboxylic acid groups (broad SMARTS) is 1. The summed E-state index contributed by atoms with van der Waals surface area (Å²) in [6.45, 7) is 4.65. The maximum Gasteiger partial charge on any atom is 0.335 e. The minimum Gasteiger partial charge on any atom is -0.478 e. The van der Waals surface area contributed by atoms with Crippen molar-refractivity contribution < 1.29 is 19.4 Å². The molecule has 1 aromatic rings. The molecule has 0 spiro atoms. The molecule has 0 aliphatic carbocycles. The van der Waals surface area contributed by atoms with E-state index in [1.54, 1.807) is 12.1 Å². The molecule has 0 bridgehead atoms. The lowest BCUT2D eigenvalue weighted by molar-refractivity contribution is -0.132. The topological polar surface area (TPSA) is 63.6 Å². The number of aliphatic carboxylic acids is 1. The molecule has 0 aliphatic rings. The highest BCUT2D eigenvalue weighted by Crippen LogP contribution is 2.24. The van der Waals surface area contributed by atoms with Gasteiger partial charge in [-0.05, 0) is 6.07 Å². The van der Waals surface area contributed by atoms with Crippen molar-refractivity contribution in [2.24, 2.45) is 0 Å². The molecule has 1 aromatic carbocycles. The Balaban J connectivity index is 3.11. The van der Waals surface area contributed by atoms with Crippen LogP contribution in [0.1, 0.15) is 12.5 Å². The van der Waals surface area contributed by atoms with Gasteiger partial charge in [-0.1, -0.05) is 24.8 Å². The molecule has 0 heterocycles. The summed E-state index contributed by atoms with van der Waals surface area (Å²) in [5.41, 5.74) is 0.201. The lowest BCUT2D eigenvalue weighted by atomic mass is 10.1. The van der Waals surface area contributed by atoms with Crippen LogP contribution in [0.4, 0.5) is 0 Å². The van der Waals surface area contributed by atoms with Crippen LogP contribution in [-0.4, -0.2) is 17.0 Å². The normalized spacial score (nSPS) is 9.40. The summed E-state index contributed by atoms with van der Waals surface area (Å²) in [5.74, 6) is -1.44. The van der Waals surface area contributed by atoms with Gasteiger partial charge in [-0.25, -0.2) is 4.79 Å². The molecular formula is C11H10O4. The van der Waals surface area contributed by atoms with Crippen LogP contribution in [0, 0.1) is 0 Å². The zero-order chi connectivity index (χ0) is 11.4. The van der Waals surface area contributed by atoms with Crippen molar-refractivity contribution in [2.75, 3.05) is 0 Å². The molecule has 0 amide bonds. The summed E-state index contributed by atoms with van der Waals surface area (Å²) < 4.78 is 4.85. The van der Waals surface area contributed by atoms with E-state index in [1.807, 2.05) is 0 Å². The zero-order valence-corrected chi connectivity index (χ0v) is 8.19. The van der Waals surface area contributed by atoms with Crippen LogP contribution in [0.3, 0.4) is 0 Å². The molecule has 4 nitrogen and oxygen atoms in total. The lowest BCUT2D eigenvalue weighted by Gasteiger charge is -2.07. The Labute approximate surface area is 86.8 Å². The van der Waals surface area contributed by atoms with Gasteiger partial charge in [-0.3, -0.25) is 4.79 Å². The van der Waals surface area contributed by atoms with Crippen LogP contribution in [0.2, 0.25) is 0 Å². The number of esters is 1. The summed E-state index contributed by atoms with van der Waals surface area (Å²) in [6.07, 6.45) is 0. The van der Waals surface area contributed by atoms with Crippen molar-refractivity contribution >= 4 is 17.5 Å². The maximum atomic E-state index is 10.8. The Bertz CT molecular complexity index is 420. The van der Waals surface area contributed by atoms with E-state index in [4.69, 9.17) is 9.84 Å². The number of para-hydroxylation sites is 1. The van der Waals surface area contributed by atoms with Crippen LogP contribution in [0.15, 0.2) is 30.8 Å². The van der Waals surface area contributed by atoms with Crippen molar-refractivity contribution in [3.05, 3.63) is 36.4 Å². The predicted octanol–water partition coefficient (Wildman–Crippen LogP) is 1.71. The average molecular weight is 206 g/mol. The van der Waals surface area contributed by atoms with Gasteiger partial charge in [-0.2, -0.15) is 0 Å². The molecule has 0 saturated carbocycles. The molecule has 4 heteroatoms. The largest absolute Gasteiger partial charge is 0.478 e. The number of hydrogen-bond donors (Lipinski definition) is 1. The third-order valence-corrected chi connectivity index (χ3v) is 1.72. The highest BCUT2D eigenvalue weighted by Gasteiger charge is 2.13. The van der Waals surface area contributed by atoms with Crippen molar-refractivity contribution in [2.45, 2.75) is 6.92 Å². The Morgan fingerprint density at radius 3 is 2.47 bits per heavy atom. The van der Waals surface area contributed by atoms with Gasteiger partial charge in [0.1, 0.15) is 5.75 Å². The second-order valence-electron chi connectivity index (χ2n) is 2.87. The fourth-order valence-corrected chi connectivity index (χ4v) is 1.08. The highest BCUT2D eigenvalue weighted by molar-refractivity contribution is 6.15. The standard InChI is InChI=1S/C11H10O4/c1-7(11(13)14)9-5-3-4-6-10(9)15-8(2)12/h3-6H,1H2,2H3,(H,13,14). The molecule has 0 saturated heterocycles. The smallest absolute Gasteiger partial charge is 0.335 e. The van der Waals surface area contributed by atoms with Gasteiger partial charge in [0.25, 0.3) is 0 Å². The van der Waals surface area contributed by atoms with E-state index in [1.165, 1.54) is 19.1 Å². The number of ether oxygens (including phenoxy) is 1. The minimum absolute atomic E-state index is 0.105. The Kier molecular flexibility index (Phi) is 3.23. The molecule has 0 aromatic heterocycles. The summed E-state index contributed by atoms with van der Waals surface area (Å²) in [5, 5.41) is 8.75. The van der Waals surface area contributed by atoms with Gasteiger partial charge >= 0.3 is 11.9 Å². The van der Waals surface area contributed by atoms with Crippen LogP contribution in [0.5, 0.6) is 5.75 Å². The van der Waals surface area contributed by atoms with E-state index in [0.29, 0.717) is 5.56 Å². The third-order valence-electron chi connectivity index (χ3n) is 1.72. The molecule has 15 heavy (non-hydrogen) atoms. The molecule has 1 rings (SSSR count). The Hall–Kier alpha value is -2.10. The molecule has 0 fully saturated rings. The third kappa shape index (κ3) is 2.67. The number of hydrogen-bond acceptors (Lipinski definition) is 3. The van der Waals surface area contributed by atoms with Gasteiger partial charge in [0.15, 0.2) is 0 Å². The first kappa shape index (κ1) is 11.0. The second kappa shape index (κ2) is 4.41. The van der Waals surface area contributed by atoms with E-state index in [-0.39, 0.29) is 11.3 Å². The van der Waals surface area contributed by atoms with Gasteiger partial charge in [-0.15, -0.1) is 0 Å². The van der Waals surface area contributed by atoms with Crippen LogP contribution >= 0.6 is 0 Å². The van der Waals surface area contributed by atoms with Crippen molar-refractivity contribution in [3.8, 4) is 5.75 Å². The maximum absolute atomic E-state index is 10.8. The Morgan fingerprint density at radius 1 is 1.33 bits per heavy atom. The quantitative estimate of drug-likeness (QED) is 0.464. The molecule has 0 radical (unpaired) electrons. The van der Waals surface area contributed by atoms with Gasteiger partial charge < -0.3 is 9.84 Å². The van der Waals surface area contributed by atoms with E-state index >= 15 is 0 Å². The predicted molar refractivity (Wildman–Crippen MR) is 54.4 cm³/mol. The highest BCUT2D eigenvalue weighted by atomic mass is 16.5. The van der Waals surface area contributed by atoms with E-state index in [2.05, 4.69) is 6.58 Å². The fraction of sp³-hybridized carbons (Fsp3) is 0.0909. The summed E-state index contributed by atoms with van der Waals surface area (Å²) in [4.78, 5) is 21.5. The molecule has 0 aliphatic heterocycles. The minimum atomic E-state index is -1.14. The molecule has 0 unspecified atom stereocenters. The zero-order valence-electron chi connectivity index (χ0n) is 8.19. The average Bonchev–Trinajstić information content (AvgIpc) is 2.16. The van der Waals surface area contributed by atoms with Crippen molar-refractivity contribution in [1.82, 2.24) is 0 Å². The SMILES string of the molecule is C=C(C(=O)O)c1ccccc1OC(C)=O. The first-order valence-corrected chi connectivity index (χ1v) is 4.22. The number of benzene rings is 1. The number of rotatable bonds is 3. The first-order valence-electron chi connectivity index (χ1n) is 4.22. The first-order chi connectivity index (χ1) is 7.02. The number of carboxylic acids is 1. The number of carbonyl (C=O) groups excluding carboxylic acids is 1. The summed E-state index contributed by atoms with van der Waals surface area (Å²) in [7, 11) is 0. The van der Waals surface area contributed by atoms with Crippen molar-refractivity contribution in [1.29, 1.82) is 0 Å². The molecular weight excluding hydrogens is 196 g/mol. The lowest BCUT2D eigenvalue weighted by Crippen LogP contribution is -2.06. The summed E-state index contributed by atoms with van der Waals surface area (Å²) in [6, 6.07) is 6.35. The fourth-order valence-electron chi connectivity index (χ4n) is 1.08. The van der Waals surface area contributed by atoms with Gasteiger partial charge in [0.2, 0.25) is 0 Å². The van der Waals surface area contributed by atoms with Gasteiger partial charge in [0, 0.05) is 12.5 Å². The molecule has 0 atom stereocenters. The van der Waals surface area contributed by atoms with E-state index in [0.717, 1.165) is 0 Å².